The second kappa shape index (κ2) is 11.3. The molecule has 1 aliphatic heterocycles. The number of fused-ring (bicyclic) bond motifs is 1. The van der Waals surface area contributed by atoms with E-state index in [0.29, 0.717) is 51.4 Å². The van der Waals surface area contributed by atoms with Crippen molar-refractivity contribution in [1.82, 2.24) is 24.9 Å². The largest absolute Gasteiger partial charge is 0.481 e. The van der Waals surface area contributed by atoms with E-state index in [9.17, 15) is 23.4 Å². The van der Waals surface area contributed by atoms with Crippen LogP contribution in [0.5, 0.6) is 5.88 Å². The predicted molar refractivity (Wildman–Crippen MR) is 153 cm³/mol. The van der Waals surface area contributed by atoms with Crippen molar-refractivity contribution in [1.29, 1.82) is 0 Å². The Labute approximate surface area is 251 Å². The average Bonchev–Trinajstić information content (AvgIpc) is 3.34. The van der Waals surface area contributed by atoms with Gasteiger partial charge >= 0.3 is 6.18 Å². The van der Waals surface area contributed by atoms with Crippen molar-refractivity contribution in [3.63, 3.8) is 0 Å². The molecule has 1 fully saturated rings. The first-order valence-corrected chi connectivity index (χ1v) is 14.0. The number of halogens is 4. The van der Waals surface area contributed by atoms with Crippen molar-refractivity contribution in [2.75, 3.05) is 20.2 Å². The van der Waals surface area contributed by atoms with Crippen LogP contribution >= 0.6 is 11.6 Å². The van der Waals surface area contributed by atoms with E-state index in [4.69, 9.17) is 21.1 Å². The Balaban J connectivity index is 1.53. The Kier molecular flexibility index (Phi) is 8.20. The molecule has 1 aliphatic rings. The number of likely N-dealkylation sites (tertiary alicyclic amines) is 1. The standard InChI is InChI=1S/C30H33ClF3N5O4/c1-28(2,3)43-27(40)39-15-20(16-39)29(41,24-14-35-37-38(24)4)19-10-11-23-21(13-19)25(31)22(26(36-23)42-5)12-17-6-8-18(9-7-17)30(32,33)34/h6-11,13-14,20,27,40-41H,12,15-16H2,1-5H3. The molecular weight excluding hydrogens is 587 g/mol. The van der Waals surface area contributed by atoms with Crippen LogP contribution in [0.1, 0.15) is 48.7 Å². The van der Waals surface area contributed by atoms with Crippen LogP contribution in [0.15, 0.2) is 48.7 Å². The molecule has 2 N–H and O–H groups in total. The summed E-state index contributed by atoms with van der Waals surface area (Å²) in [6, 6.07) is 10.1. The number of ether oxygens (including phenoxy) is 2. The Morgan fingerprint density at radius 3 is 2.28 bits per heavy atom. The quantitative estimate of drug-likeness (QED) is 0.269. The molecule has 0 spiro atoms. The van der Waals surface area contributed by atoms with E-state index in [2.05, 4.69) is 15.3 Å². The number of aromatic nitrogens is 4. The first kappa shape index (κ1) is 31.1. The van der Waals surface area contributed by atoms with Gasteiger partial charge in [-0.1, -0.05) is 35.0 Å². The maximum absolute atomic E-state index is 13.1. The molecule has 43 heavy (non-hydrogen) atoms. The van der Waals surface area contributed by atoms with Gasteiger partial charge in [-0.25, -0.2) is 9.67 Å². The van der Waals surface area contributed by atoms with Crippen molar-refractivity contribution in [3.05, 3.63) is 81.6 Å². The van der Waals surface area contributed by atoms with E-state index >= 15 is 0 Å². The number of hydrogen-bond donors (Lipinski definition) is 2. The van der Waals surface area contributed by atoms with E-state index < -0.39 is 29.4 Å². The van der Waals surface area contributed by atoms with Crippen molar-refractivity contribution >= 4 is 22.5 Å². The number of methoxy groups -OCH3 is 1. The minimum atomic E-state index is -4.44. The zero-order valence-corrected chi connectivity index (χ0v) is 25.1. The maximum Gasteiger partial charge on any atom is 0.416 e. The summed E-state index contributed by atoms with van der Waals surface area (Å²) in [5.74, 6) is -0.115. The number of nitrogens with zero attached hydrogens (tertiary/aromatic N) is 5. The maximum atomic E-state index is 13.1. The summed E-state index contributed by atoms with van der Waals surface area (Å²) in [6.07, 6.45) is -3.91. The minimum Gasteiger partial charge on any atom is -0.481 e. The molecule has 2 aromatic heterocycles. The summed E-state index contributed by atoms with van der Waals surface area (Å²) in [4.78, 5) is 6.32. The third kappa shape index (κ3) is 6.07. The lowest BCUT2D eigenvalue weighted by Crippen LogP contribution is -2.61. The van der Waals surface area contributed by atoms with Gasteiger partial charge in [0.2, 0.25) is 12.3 Å². The molecule has 0 saturated carbocycles. The van der Waals surface area contributed by atoms with Crippen LogP contribution in [0, 0.1) is 5.92 Å². The van der Waals surface area contributed by atoms with Crippen molar-refractivity contribution in [2.45, 2.75) is 51.0 Å². The second-order valence-electron chi connectivity index (χ2n) is 11.7. The highest BCUT2D eigenvalue weighted by molar-refractivity contribution is 6.36. The van der Waals surface area contributed by atoms with Crippen LogP contribution in [-0.4, -0.2) is 67.3 Å². The zero-order valence-electron chi connectivity index (χ0n) is 24.4. The van der Waals surface area contributed by atoms with Gasteiger partial charge in [-0.2, -0.15) is 13.2 Å². The van der Waals surface area contributed by atoms with Crippen LogP contribution in [-0.2, 0) is 30.0 Å². The fourth-order valence-corrected chi connectivity index (χ4v) is 5.69. The first-order valence-electron chi connectivity index (χ1n) is 13.6. The van der Waals surface area contributed by atoms with Gasteiger partial charge in [0, 0.05) is 43.4 Å². The van der Waals surface area contributed by atoms with E-state index in [1.165, 1.54) is 30.1 Å². The fourth-order valence-electron chi connectivity index (χ4n) is 5.39. The van der Waals surface area contributed by atoms with Crippen LogP contribution in [0.3, 0.4) is 0 Å². The highest BCUT2D eigenvalue weighted by Crippen LogP contribution is 2.44. The van der Waals surface area contributed by atoms with E-state index in [-0.39, 0.29) is 18.2 Å². The van der Waals surface area contributed by atoms with E-state index in [1.807, 2.05) is 20.8 Å². The molecule has 9 nitrogen and oxygen atoms in total. The number of alkyl halides is 3. The molecule has 5 rings (SSSR count). The van der Waals surface area contributed by atoms with E-state index in [1.54, 1.807) is 30.1 Å². The lowest BCUT2D eigenvalue weighted by Gasteiger charge is -2.49. The molecule has 0 bridgehead atoms. The molecule has 0 aliphatic carbocycles. The van der Waals surface area contributed by atoms with Gasteiger partial charge in [-0.3, -0.25) is 4.90 Å². The van der Waals surface area contributed by atoms with Crippen LogP contribution < -0.4 is 4.74 Å². The highest BCUT2D eigenvalue weighted by Gasteiger charge is 2.50. The minimum absolute atomic E-state index is 0.173. The third-order valence-electron chi connectivity index (χ3n) is 7.65. The normalized spacial score (nSPS) is 17.1. The van der Waals surface area contributed by atoms with Crippen molar-refractivity contribution in [2.24, 2.45) is 13.0 Å². The molecule has 13 heteroatoms. The monoisotopic (exact) mass is 619 g/mol. The van der Waals surface area contributed by atoms with Crippen LogP contribution in [0.2, 0.25) is 5.02 Å². The smallest absolute Gasteiger partial charge is 0.416 e. The average molecular weight is 620 g/mol. The van der Waals surface area contributed by atoms with Gasteiger partial charge in [0.25, 0.3) is 0 Å². The van der Waals surface area contributed by atoms with Crippen LogP contribution in [0.25, 0.3) is 10.9 Å². The van der Waals surface area contributed by atoms with Gasteiger partial charge in [0.05, 0.1) is 40.7 Å². The number of benzene rings is 2. The SMILES string of the molecule is COc1nc2ccc(C(O)(c3cnnn3C)C3CN(C(O)OC(C)(C)C)C3)cc2c(Cl)c1Cc1ccc(C(F)(F)F)cc1. The molecule has 0 amide bonds. The summed E-state index contributed by atoms with van der Waals surface area (Å²) < 4.78 is 51.9. The first-order chi connectivity index (χ1) is 20.1. The summed E-state index contributed by atoms with van der Waals surface area (Å²) in [5.41, 5.74) is -0.316. The number of rotatable bonds is 8. The summed E-state index contributed by atoms with van der Waals surface area (Å²) >= 11 is 6.94. The number of aliphatic hydroxyl groups is 2. The topological polar surface area (TPSA) is 106 Å². The molecule has 2 unspecified atom stereocenters. The lowest BCUT2D eigenvalue weighted by atomic mass is 9.74. The van der Waals surface area contributed by atoms with Gasteiger partial charge in [-0.05, 0) is 56.2 Å². The highest BCUT2D eigenvalue weighted by atomic mass is 35.5. The number of aryl methyl sites for hydroxylation is 1. The van der Waals surface area contributed by atoms with Gasteiger partial charge in [0.15, 0.2) is 0 Å². The fraction of sp³-hybridized carbons (Fsp3) is 0.433. The molecule has 1 saturated heterocycles. The van der Waals surface area contributed by atoms with Gasteiger partial charge in [-0.15, -0.1) is 5.10 Å². The molecule has 230 valence electrons. The molecule has 0 radical (unpaired) electrons. The zero-order chi connectivity index (χ0) is 31.3. The Bertz CT molecular complexity index is 1620. The van der Waals surface area contributed by atoms with Crippen LogP contribution in [0.4, 0.5) is 13.2 Å². The molecule has 4 aromatic rings. The Morgan fingerprint density at radius 1 is 1.07 bits per heavy atom. The van der Waals surface area contributed by atoms with Crippen molar-refractivity contribution in [3.8, 4) is 5.88 Å². The predicted octanol–water partition coefficient (Wildman–Crippen LogP) is 4.89. The lowest BCUT2D eigenvalue weighted by molar-refractivity contribution is -0.271. The Hall–Kier alpha value is -3.29. The van der Waals surface area contributed by atoms with Gasteiger partial charge < -0.3 is 19.7 Å². The molecule has 2 aromatic carbocycles. The summed E-state index contributed by atoms with van der Waals surface area (Å²) in [5, 5.41) is 31.8. The number of hydrogen-bond acceptors (Lipinski definition) is 8. The number of pyridine rings is 1. The summed E-state index contributed by atoms with van der Waals surface area (Å²) in [6.45, 7) is 6.19. The molecule has 3 heterocycles. The molecular formula is C30H33ClF3N5O4. The second-order valence-corrected chi connectivity index (χ2v) is 12.1. The van der Waals surface area contributed by atoms with Crippen molar-refractivity contribution < 1.29 is 32.9 Å². The summed E-state index contributed by atoms with van der Waals surface area (Å²) in [7, 11) is 3.13. The third-order valence-corrected chi connectivity index (χ3v) is 8.08. The van der Waals surface area contributed by atoms with E-state index in [0.717, 1.165) is 12.1 Å². The van der Waals surface area contributed by atoms with Gasteiger partial charge in [0.1, 0.15) is 5.60 Å². The number of aliphatic hydroxyl groups excluding tert-OH is 1. The molecule has 2 atom stereocenters. The Morgan fingerprint density at radius 2 is 1.72 bits per heavy atom.